The lowest BCUT2D eigenvalue weighted by Gasteiger charge is -2.35. The third-order valence-corrected chi connectivity index (χ3v) is 12.6. The Labute approximate surface area is 381 Å². The minimum absolute atomic E-state index is 0.000946. The molecule has 0 spiro atoms. The fraction of sp³-hybridized carbons (Fsp3) is 0.319. The monoisotopic (exact) mass is 929 g/mol. The highest BCUT2D eigenvalue weighted by molar-refractivity contribution is 6.37. The second-order valence-electron chi connectivity index (χ2n) is 16.6. The quantitative estimate of drug-likeness (QED) is 0.0909. The normalized spacial score (nSPS) is 18.6. The number of rotatable bonds is 14. The van der Waals surface area contributed by atoms with Crippen LogP contribution in [0.2, 0.25) is 5.02 Å². The van der Waals surface area contributed by atoms with Crippen molar-refractivity contribution in [3.05, 3.63) is 129 Å². The molecule has 2 saturated heterocycles. The fourth-order valence-corrected chi connectivity index (χ4v) is 9.24. The van der Waals surface area contributed by atoms with Gasteiger partial charge in [0.25, 0.3) is 0 Å². The van der Waals surface area contributed by atoms with Gasteiger partial charge in [-0.25, -0.2) is 24.1 Å². The fourth-order valence-electron chi connectivity index (χ4n) is 8.91. The first-order valence-corrected chi connectivity index (χ1v) is 21.3. The number of alkyl halides is 3. The van der Waals surface area contributed by atoms with Crippen molar-refractivity contribution in [1.82, 2.24) is 14.9 Å². The van der Waals surface area contributed by atoms with Crippen LogP contribution in [0.5, 0.6) is 17.2 Å². The number of benzene rings is 3. The van der Waals surface area contributed by atoms with Crippen LogP contribution in [0.15, 0.2) is 90.1 Å². The number of carboxylic acid groups (broad SMARTS) is 1. The van der Waals surface area contributed by atoms with Crippen molar-refractivity contribution in [2.45, 2.75) is 58.1 Å². The van der Waals surface area contributed by atoms with Gasteiger partial charge in [0.05, 0.1) is 78.9 Å². The van der Waals surface area contributed by atoms with Gasteiger partial charge in [0.15, 0.2) is 11.6 Å². The summed E-state index contributed by atoms with van der Waals surface area (Å²) in [5.41, 5.74) is -1.11. The van der Waals surface area contributed by atoms with Gasteiger partial charge in [-0.1, -0.05) is 41.9 Å². The van der Waals surface area contributed by atoms with Gasteiger partial charge in [-0.05, 0) is 79.8 Å². The predicted molar refractivity (Wildman–Crippen MR) is 237 cm³/mol. The van der Waals surface area contributed by atoms with Crippen LogP contribution in [0, 0.1) is 18.2 Å². The van der Waals surface area contributed by atoms with Crippen LogP contribution in [0.4, 0.5) is 39.7 Å². The number of nitrogens with zero attached hydrogens (tertiary/aromatic N) is 5. The summed E-state index contributed by atoms with van der Waals surface area (Å²) in [6, 6.07) is 18.3. The Morgan fingerprint density at radius 2 is 1.73 bits per heavy atom. The summed E-state index contributed by atoms with van der Waals surface area (Å²) < 4.78 is 93.5. The summed E-state index contributed by atoms with van der Waals surface area (Å²) >= 11 is 7.17. The zero-order valence-electron chi connectivity index (χ0n) is 36.1. The van der Waals surface area contributed by atoms with Crippen LogP contribution in [-0.2, 0) is 28.7 Å². The van der Waals surface area contributed by atoms with Crippen LogP contribution >= 0.6 is 11.6 Å². The molecule has 14 nitrogen and oxygen atoms in total. The van der Waals surface area contributed by atoms with E-state index in [4.69, 9.17) is 40.3 Å². The van der Waals surface area contributed by atoms with Gasteiger partial charge in [0.2, 0.25) is 0 Å². The zero-order valence-corrected chi connectivity index (χ0v) is 36.9. The number of pyridine rings is 2. The number of amidine groups is 1. The summed E-state index contributed by atoms with van der Waals surface area (Å²) in [5, 5.41) is 14.6. The first kappa shape index (κ1) is 44.4. The van der Waals surface area contributed by atoms with Gasteiger partial charge in [-0.15, -0.1) is 0 Å². The van der Waals surface area contributed by atoms with Gasteiger partial charge in [-0.2, -0.15) is 13.2 Å². The molecule has 3 fully saturated rings. The molecule has 344 valence electrons. The number of aromatic nitrogens is 2. The van der Waals surface area contributed by atoms with E-state index in [1.54, 1.807) is 67.3 Å². The second kappa shape index (κ2) is 17.5. The number of hydrogen-bond acceptors (Lipinski definition) is 12. The second-order valence-corrected chi connectivity index (χ2v) is 17.0. The van der Waals surface area contributed by atoms with Gasteiger partial charge in [0, 0.05) is 30.3 Å². The summed E-state index contributed by atoms with van der Waals surface area (Å²) in [5.74, 6) is -0.453. The molecule has 10 rings (SSSR count). The summed E-state index contributed by atoms with van der Waals surface area (Å²) in [7, 11) is 3.09. The highest BCUT2D eigenvalue weighted by Crippen LogP contribution is 2.53. The van der Waals surface area contributed by atoms with Crippen molar-refractivity contribution < 1.29 is 51.1 Å². The SMILES string of the molecule is COc1ccc(CN(Cc2ccc(OC)cc2)c2cc(C)c(C(F)(F)F)c(-c3c(F)c4c5c(c3Cl)NCN=C5N(C(C)c3cccnc3NC(=O)O)C=C(OCC35COC(C3)C5)O4)n2)cc1. The molecule has 1 amide bonds. The van der Waals surface area contributed by atoms with E-state index < -0.39 is 51.7 Å². The number of halogens is 5. The van der Waals surface area contributed by atoms with Crippen molar-refractivity contribution in [3.8, 4) is 28.5 Å². The van der Waals surface area contributed by atoms with Crippen LogP contribution in [-0.4, -0.2) is 72.1 Å². The van der Waals surface area contributed by atoms with Crippen LogP contribution in [0.25, 0.3) is 11.3 Å². The average Bonchev–Trinajstić information content (AvgIpc) is 3.85. The van der Waals surface area contributed by atoms with E-state index >= 15 is 17.6 Å². The number of hydrogen-bond donors (Lipinski definition) is 3. The third kappa shape index (κ3) is 8.46. The number of amides is 1. The lowest BCUT2D eigenvalue weighted by atomic mass is 9.71. The zero-order chi connectivity index (χ0) is 46.5. The van der Waals surface area contributed by atoms with Crippen molar-refractivity contribution in [3.63, 3.8) is 0 Å². The highest BCUT2D eigenvalue weighted by atomic mass is 35.5. The molecule has 1 atom stereocenters. The first-order valence-electron chi connectivity index (χ1n) is 21.0. The minimum Gasteiger partial charge on any atom is -0.497 e. The Morgan fingerprint density at radius 1 is 1.06 bits per heavy atom. The number of ether oxygens (including phenoxy) is 5. The number of anilines is 3. The van der Waals surface area contributed by atoms with E-state index in [0.29, 0.717) is 23.7 Å². The van der Waals surface area contributed by atoms with E-state index in [1.807, 2.05) is 24.3 Å². The third-order valence-electron chi connectivity index (χ3n) is 12.2. The molecule has 3 aromatic carbocycles. The maximum atomic E-state index is 18.0. The largest absolute Gasteiger partial charge is 0.497 e. The van der Waals surface area contributed by atoms with Crippen LogP contribution < -0.4 is 29.7 Å². The van der Waals surface area contributed by atoms with E-state index in [-0.39, 0.29) is 78.1 Å². The molecule has 1 saturated carbocycles. The molecule has 4 aliphatic heterocycles. The number of nitrogens with one attached hydrogen (secondary N) is 2. The maximum absolute atomic E-state index is 18.0. The van der Waals surface area contributed by atoms with E-state index in [2.05, 4.69) is 20.6 Å². The number of methoxy groups -OCH3 is 2. The molecule has 1 unspecified atom stereocenters. The molecule has 2 bridgehead atoms. The summed E-state index contributed by atoms with van der Waals surface area (Å²) in [6.07, 6.45) is -1.86. The van der Waals surface area contributed by atoms with Gasteiger partial charge in [0.1, 0.15) is 35.6 Å². The molecule has 1 aliphatic carbocycles. The van der Waals surface area contributed by atoms with Crippen molar-refractivity contribution in [2.24, 2.45) is 10.4 Å². The smallest absolute Gasteiger partial charge is 0.418 e. The van der Waals surface area contributed by atoms with E-state index in [9.17, 15) is 9.90 Å². The summed E-state index contributed by atoms with van der Waals surface area (Å²) in [4.78, 5) is 28.8. The lowest BCUT2D eigenvalue weighted by Crippen LogP contribution is -2.37. The average molecular weight is 930 g/mol. The van der Waals surface area contributed by atoms with Gasteiger partial charge < -0.3 is 43.9 Å². The highest BCUT2D eigenvalue weighted by Gasteiger charge is 2.53. The Bertz CT molecular complexity index is 2690. The number of aryl methyl sites for hydroxylation is 1. The van der Waals surface area contributed by atoms with Gasteiger partial charge in [-0.3, -0.25) is 5.32 Å². The molecule has 0 radical (unpaired) electrons. The Kier molecular flexibility index (Phi) is 11.8. The van der Waals surface area contributed by atoms with Crippen LogP contribution in [0.1, 0.15) is 59.2 Å². The molecular formula is C47H44ClF4N7O7. The van der Waals surface area contributed by atoms with E-state index in [1.165, 1.54) is 25.4 Å². The molecule has 66 heavy (non-hydrogen) atoms. The van der Waals surface area contributed by atoms with Crippen LogP contribution in [0.3, 0.4) is 0 Å². The molecular weight excluding hydrogens is 886 g/mol. The topological polar surface area (TPSA) is 152 Å². The number of fused-ring (bicyclic) bond motifs is 1. The Morgan fingerprint density at radius 3 is 2.32 bits per heavy atom. The van der Waals surface area contributed by atoms with Crippen molar-refractivity contribution >= 4 is 40.9 Å². The van der Waals surface area contributed by atoms with Crippen molar-refractivity contribution in [1.29, 1.82) is 0 Å². The number of carbonyl (C=O) groups is 1. The number of aliphatic imine (C=N–C) groups is 1. The molecule has 5 aromatic rings. The van der Waals surface area contributed by atoms with Gasteiger partial charge >= 0.3 is 18.2 Å². The van der Waals surface area contributed by atoms with E-state index in [0.717, 1.165) is 24.0 Å². The molecule has 5 aliphatic rings. The summed E-state index contributed by atoms with van der Waals surface area (Å²) in [6.45, 7) is 3.87. The first-order chi connectivity index (χ1) is 31.6. The lowest BCUT2D eigenvalue weighted by molar-refractivity contribution is -0.137. The Hall–Kier alpha value is -6.79. The van der Waals surface area contributed by atoms with Crippen molar-refractivity contribution in [2.75, 3.05) is 49.6 Å². The minimum atomic E-state index is -5.02. The Balaban J connectivity index is 1.20. The maximum Gasteiger partial charge on any atom is 0.418 e. The standard InChI is InChI=1S/C47H44ClF4N7O7/c1-25-16-33(58(19-27-7-11-29(62-3)12-8-27)20-28-9-13-30(63-4)14-10-28)56-40(37(25)47(50,51)52)35-38(48)41-36-42(39(35)49)66-34(65-23-46-17-31(18-46)64-22-46)21-59(44(36)55-24-54-41)26(2)32-6-5-15-53-43(32)57-45(60)61/h5-16,21,26,31,54H,17-20,22-24H2,1-4H3,(H,53,57)(H,60,61). The molecule has 3 N–H and O–H groups in total. The molecule has 19 heteroatoms. The predicted octanol–water partition coefficient (Wildman–Crippen LogP) is 10.2. The molecule has 6 heterocycles. The molecule has 2 aromatic heterocycles.